The number of amides is 2. The summed E-state index contributed by atoms with van der Waals surface area (Å²) in [5.41, 5.74) is 3.56. The standard InChI is InChI=1S/C29H35N3O5S/c1-20-10-12-23(13-11-20)24-14-15-28-26(16-24)37-27(21(2)17-32(22(3)19-33)38(28,35)36)18-31(4)29(34)30-25-8-6-5-7-9-25/h5-16,21-22,27,33H,17-19H2,1-4H3,(H,30,34)/t21-,22-,27+/m0/s1. The number of aliphatic hydroxyl groups excluding tert-OH is 1. The van der Waals surface area contributed by atoms with Crippen LogP contribution in [0.15, 0.2) is 77.7 Å². The number of sulfonamides is 1. The molecule has 0 fully saturated rings. The van der Waals surface area contributed by atoms with Crippen molar-refractivity contribution in [2.24, 2.45) is 5.92 Å². The van der Waals surface area contributed by atoms with Crippen LogP contribution < -0.4 is 10.1 Å². The normalized spacial score (nSPS) is 19.8. The maximum atomic E-state index is 13.7. The van der Waals surface area contributed by atoms with Gasteiger partial charge in [-0.15, -0.1) is 0 Å². The molecule has 3 atom stereocenters. The Bertz CT molecular complexity index is 1360. The number of nitrogens with zero attached hydrogens (tertiary/aromatic N) is 2. The van der Waals surface area contributed by atoms with Gasteiger partial charge in [-0.1, -0.05) is 61.0 Å². The summed E-state index contributed by atoms with van der Waals surface area (Å²) < 4.78 is 35.2. The number of rotatable bonds is 6. The van der Waals surface area contributed by atoms with E-state index < -0.39 is 22.2 Å². The Morgan fingerprint density at radius 2 is 1.76 bits per heavy atom. The fourth-order valence-corrected chi connectivity index (χ4v) is 6.29. The van der Waals surface area contributed by atoms with Crippen molar-refractivity contribution in [3.05, 3.63) is 78.4 Å². The van der Waals surface area contributed by atoms with E-state index in [1.807, 2.05) is 68.4 Å². The van der Waals surface area contributed by atoms with E-state index in [1.165, 1.54) is 9.21 Å². The lowest BCUT2D eigenvalue weighted by atomic mass is 10.0. The quantitative estimate of drug-likeness (QED) is 0.479. The first kappa shape index (κ1) is 27.6. The van der Waals surface area contributed by atoms with Gasteiger partial charge in [-0.3, -0.25) is 0 Å². The predicted molar refractivity (Wildman–Crippen MR) is 149 cm³/mol. The molecule has 202 valence electrons. The number of ether oxygens (including phenoxy) is 1. The molecule has 2 amide bonds. The molecule has 3 aromatic rings. The molecule has 1 aliphatic rings. The second-order valence-electron chi connectivity index (χ2n) is 9.94. The number of urea groups is 1. The Morgan fingerprint density at radius 1 is 1.11 bits per heavy atom. The van der Waals surface area contributed by atoms with Crippen molar-refractivity contribution in [2.75, 3.05) is 32.1 Å². The molecule has 0 aromatic heterocycles. The van der Waals surface area contributed by atoms with Crippen LogP contribution >= 0.6 is 0 Å². The smallest absolute Gasteiger partial charge is 0.321 e. The molecule has 9 heteroatoms. The summed E-state index contributed by atoms with van der Waals surface area (Å²) in [6.07, 6.45) is -0.502. The van der Waals surface area contributed by atoms with Crippen molar-refractivity contribution in [2.45, 2.75) is 37.8 Å². The van der Waals surface area contributed by atoms with Crippen molar-refractivity contribution in [1.82, 2.24) is 9.21 Å². The monoisotopic (exact) mass is 537 g/mol. The minimum Gasteiger partial charge on any atom is -0.487 e. The van der Waals surface area contributed by atoms with Crippen molar-refractivity contribution in [1.29, 1.82) is 0 Å². The molecule has 0 aliphatic carbocycles. The minimum atomic E-state index is -3.95. The summed E-state index contributed by atoms with van der Waals surface area (Å²) >= 11 is 0. The van der Waals surface area contributed by atoms with Crippen molar-refractivity contribution < 1.29 is 23.1 Å². The summed E-state index contributed by atoms with van der Waals surface area (Å²) in [6, 6.07) is 21.3. The number of fused-ring (bicyclic) bond motifs is 1. The largest absolute Gasteiger partial charge is 0.487 e. The van der Waals surface area contributed by atoms with E-state index in [-0.39, 0.29) is 42.3 Å². The second-order valence-corrected chi connectivity index (χ2v) is 11.8. The summed E-state index contributed by atoms with van der Waals surface area (Å²) in [4.78, 5) is 14.5. The first-order valence-corrected chi connectivity index (χ1v) is 14.1. The number of aliphatic hydroxyl groups is 1. The minimum absolute atomic E-state index is 0.0435. The highest BCUT2D eigenvalue weighted by Gasteiger charge is 2.38. The molecule has 1 aliphatic heterocycles. The summed E-state index contributed by atoms with van der Waals surface area (Å²) in [5, 5.41) is 12.7. The highest BCUT2D eigenvalue weighted by Crippen LogP contribution is 2.36. The van der Waals surface area contributed by atoms with Gasteiger partial charge in [0.2, 0.25) is 10.0 Å². The van der Waals surface area contributed by atoms with Gasteiger partial charge < -0.3 is 20.1 Å². The van der Waals surface area contributed by atoms with Gasteiger partial charge in [0.1, 0.15) is 16.7 Å². The van der Waals surface area contributed by atoms with Gasteiger partial charge in [-0.2, -0.15) is 4.31 Å². The first-order valence-electron chi connectivity index (χ1n) is 12.7. The lowest BCUT2D eigenvalue weighted by Gasteiger charge is -2.37. The number of anilines is 1. The van der Waals surface area contributed by atoms with Crippen LogP contribution in [0.1, 0.15) is 19.4 Å². The first-order chi connectivity index (χ1) is 18.1. The van der Waals surface area contributed by atoms with E-state index in [0.29, 0.717) is 5.69 Å². The molecule has 0 spiro atoms. The number of carbonyl (C=O) groups is 1. The van der Waals surface area contributed by atoms with E-state index >= 15 is 0 Å². The third-order valence-electron chi connectivity index (χ3n) is 6.88. The molecule has 1 heterocycles. The van der Waals surface area contributed by atoms with Gasteiger partial charge in [0.05, 0.1) is 13.2 Å². The van der Waals surface area contributed by atoms with E-state index in [1.54, 1.807) is 32.2 Å². The molecule has 8 nitrogen and oxygen atoms in total. The van der Waals surface area contributed by atoms with E-state index in [9.17, 15) is 18.3 Å². The highest BCUT2D eigenvalue weighted by molar-refractivity contribution is 7.89. The molecule has 0 saturated heterocycles. The zero-order chi connectivity index (χ0) is 27.4. The van der Waals surface area contributed by atoms with E-state index in [4.69, 9.17) is 4.74 Å². The SMILES string of the molecule is Cc1ccc(-c2ccc3c(c2)O[C@H](CN(C)C(=O)Nc2ccccc2)[C@@H](C)CN([C@@H](C)CO)S3(=O)=O)cc1. The summed E-state index contributed by atoms with van der Waals surface area (Å²) in [5.74, 6) is -0.0476. The molecule has 2 N–H and O–H groups in total. The van der Waals surface area contributed by atoms with Crippen LogP contribution in [0.3, 0.4) is 0 Å². The number of para-hydroxylation sites is 1. The summed E-state index contributed by atoms with van der Waals surface area (Å²) in [6.45, 7) is 5.65. The Morgan fingerprint density at radius 3 is 2.42 bits per heavy atom. The van der Waals surface area contributed by atoms with Gasteiger partial charge >= 0.3 is 6.03 Å². The average molecular weight is 538 g/mol. The van der Waals surface area contributed by atoms with Crippen LogP contribution in [0, 0.1) is 12.8 Å². The van der Waals surface area contributed by atoms with Crippen LogP contribution in [0.5, 0.6) is 5.75 Å². The third kappa shape index (κ3) is 6.01. The Kier molecular flexibility index (Phi) is 8.40. The number of nitrogens with one attached hydrogen (secondary N) is 1. The van der Waals surface area contributed by atoms with Gasteiger partial charge in [-0.25, -0.2) is 13.2 Å². The highest BCUT2D eigenvalue weighted by atomic mass is 32.2. The Hall–Kier alpha value is -3.40. The molecule has 3 aromatic carbocycles. The molecular weight excluding hydrogens is 502 g/mol. The van der Waals surface area contributed by atoms with Gasteiger partial charge in [0.25, 0.3) is 0 Å². The predicted octanol–water partition coefficient (Wildman–Crippen LogP) is 4.59. The Balaban J connectivity index is 1.69. The Labute approximate surface area is 224 Å². The maximum absolute atomic E-state index is 13.7. The number of aryl methyl sites for hydroxylation is 1. The zero-order valence-electron chi connectivity index (χ0n) is 22.2. The lowest BCUT2D eigenvalue weighted by molar-refractivity contribution is 0.0830. The molecule has 0 radical (unpaired) electrons. The lowest BCUT2D eigenvalue weighted by Crippen LogP contribution is -2.50. The zero-order valence-corrected chi connectivity index (χ0v) is 23.0. The number of hydrogen-bond donors (Lipinski definition) is 2. The van der Waals surface area contributed by atoms with Crippen molar-refractivity contribution >= 4 is 21.7 Å². The summed E-state index contributed by atoms with van der Waals surface area (Å²) in [7, 11) is -2.26. The maximum Gasteiger partial charge on any atom is 0.321 e. The number of hydrogen-bond acceptors (Lipinski definition) is 5. The van der Waals surface area contributed by atoms with Crippen molar-refractivity contribution in [3.8, 4) is 16.9 Å². The topological polar surface area (TPSA) is 99.2 Å². The van der Waals surface area contributed by atoms with Crippen LogP contribution in [0.25, 0.3) is 11.1 Å². The number of benzene rings is 3. The van der Waals surface area contributed by atoms with Crippen LogP contribution in [0.4, 0.5) is 10.5 Å². The van der Waals surface area contributed by atoms with E-state index in [2.05, 4.69) is 5.32 Å². The van der Waals surface area contributed by atoms with Gasteiger partial charge in [0.15, 0.2) is 0 Å². The molecule has 0 bridgehead atoms. The molecule has 38 heavy (non-hydrogen) atoms. The average Bonchev–Trinajstić information content (AvgIpc) is 2.91. The van der Waals surface area contributed by atoms with Crippen LogP contribution in [0.2, 0.25) is 0 Å². The molecular formula is C29H35N3O5S. The fraction of sp³-hybridized carbons (Fsp3) is 0.345. The van der Waals surface area contributed by atoms with E-state index in [0.717, 1.165) is 16.7 Å². The fourth-order valence-electron chi connectivity index (χ4n) is 4.46. The molecule has 0 unspecified atom stereocenters. The molecule has 4 rings (SSSR count). The van der Waals surface area contributed by atoms with Gasteiger partial charge in [0, 0.05) is 31.2 Å². The van der Waals surface area contributed by atoms with Crippen molar-refractivity contribution in [3.63, 3.8) is 0 Å². The van der Waals surface area contributed by atoms with Crippen LogP contribution in [-0.2, 0) is 10.0 Å². The van der Waals surface area contributed by atoms with Crippen LogP contribution in [-0.4, -0.2) is 67.7 Å². The number of likely N-dealkylation sites (N-methyl/N-ethyl adjacent to an activating group) is 1. The second kappa shape index (κ2) is 11.6. The third-order valence-corrected chi connectivity index (χ3v) is 8.90. The van der Waals surface area contributed by atoms with Gasteiger partial charge in [-0.05, 0) is 49.2 Å². The number of carbonyl (C=O) groups excluding carboxylic acids is 1. The molecule has 0 saturated carbocycles.